The first-order valence-corrected chi connectivity index (χ1v) is 12.2. The molecule has 2 heterocycles. The Balaban J connectivity index is 1.71. The standard InChI is InChI=1S/C25H33ClN4O2/c1-17(2)21-15-22-23(31)30(20-13-9-10-18(26)14-20)25(3,16-29(22)28-21)24(32)27-19-11-7-5-4-6-8-12-19/h9-10,13-15,17,19H,4-8,11-12,16H2,1-3H3,(H,27,32)/t25-/m1/s1. The number of amides is 2. The van der Waals surface area contributed by atoms with Gasteiger partial charge >= 0.3 is 0 Å². The summed E-state index contributed by atoms with van der Waals surface area (Å²) in [6, 6.07) is 9.14. The maximum absolute atomic E-state index is 13.8. The highest BCUT2D eigenvalue weighted by atomic mass is 35.5. The predicted molar refractivity (Wildman–Crippen MR) is 127 cm³/mol. The molecule has 4 rings (SSSR count). The van der Waals surface area contributed by atoms with E-state index in [1.54, 1.807) is 21.7 Å². The molecule has 0 spiro atoms. The minimum absolute atomic E-state index is 0.136. The summed E-state index contributed by atoms with van der Waals surface area (Å²) < 4.78 is 1.70. The molecule has 0 saturated heterocycles. The van der Waals surface area contributed by atoms with Crippen LogP contribution >= 0.6 is 11.6 Å². The molecule has 0 radical (unpaired) electrons. The number of hydrogen-bond acceptors (Lipinski definition) is 3. The SMILES string of the molecule is CC(C)c1cc2n(n1)C[C@](C)(C(=O)NC1CCCCCCC1)N(c1cccc(Cl)c1)C2=O. The zero-order chi connectivity index (χ0) is 22.9. The minimum atomic E-state index is -1.11. The fourth-order valence-corrected chi connectivity index (χ4v) is 5.03. The monoisotopic (exact) mass is 456 g/mol. The van der Waals surface area contributed by atoms with Crippen LogP contribution in [0.2, 0.25) is 5.02 Å². The molecule has 1 atom stereocenters. The van der Waals surface area contributed by atoms with Crippen molar-refractivity contribution in [3.8, 4) is 0 Å². The first-order chi connectivity index (χ1) is 15.3. The van der Waals surface area contributed by atoms with Crippen molar-refractivity contribution in [2.45, 2.75) is 89.8 Å². The van der Waals surface area contributed by atoms with Gasteiger partial charge in [0.25, 0.3) is 5.91 Å². The second-order valence-corrected chi connectivity index (χ2v) is 10.1. The van der Waals surface area contributed by atoms with Gasteiger partial charge in [-0.25, -0.2) is 0 Å². The van der Waals surface area contributed by atoms with Crippen LogP contribution in [-0.2, 0) is 11.3 Å². The molecule has 1 aliphatic carbocycles. The fraction of sp³-hybridized carbons (Fsp3) is 0.560. The molecule has 6 nitrogen and oxygen atoms in total. The summed E-state index contributed by atoms with van der Waals surface area (Å²) in [4.78, 5) is 29.1. The Bertz CT molecular complexity index is 994. The van der Waals surface area contributed by atoms with E-state index in [-0.39, 0.29) is 23.8 Å². The lowest BCUT2D eigenvalue weighted by Gasteiger charge is -2.43. The van der Waals surface area contributed by atoms with E-state index in [4.69, 9.17) is 11.6 Å². The Morgan fingerprint density at radius 1 is 1.16 bits per heavy atom. The quantitative estimate of drug-likeness (QED) is 0.678. The van der Waals surface area contributed by atoms with Gasteiger partial charge in [0.05, 0.1) is 12.2 Å². The summed E-state index contributed by atoms with van der Waals surface area (Å²) in [5, 5.41) is 8.47. The number of nitrogens with one attached hydrogen (secondary N) is 1. The molecule has 2 aliphatic rings. The summed E-state index contributed by atoms with van der Waals surface area (Å²) in [5.41, 5.74) is 0.863. The summed E-state index contributed by atoms with van der Waals surface area (Å²) in [6.07, 6.45) is 7.92. The molecule has 2 amide bonds. The van der Waals surface area contributed by atoms with E-state index in [2.05, 4.69) is 10.4 Å². The van der Waals surface area contributed by atoms with E-state index >= 15 is 0 Å². The third-order valence-electron chi connectivity index (χ3n) is 6.76. The van der Waals surface area contributed by atoms with Gasteiger partial charge in [-0.2, -0.15) is 5.10 Å². The Morgan fingerprint density at radius 3 is 2.50 bits per heavy atom. The van der Waals surface area contributed by atoms with Crippen LogP contribution in [0.3, 0.4) is 0 Å². The number of halogens is 1. The van der Waals surface area contributed by atoms with Crippen LogP contribution < -0.4 is 10.2 Å². The zero-order valence-corrected chi connectivity index (χ0v) is 20.0. The van der Waals surface area contributed by atoms with E-state index in [1.165, 1.54) is 19.3 Å². The van der Waals surface area contributed by atoms with Crippen LogP contribution in [-0.4, -0.2) is 33.2 Å². The van der Waals surface area contributed by atoms with Gasteiger partial charge in [0, 0.05) is 16.8 Å². The largest absolute Gasteiger partial charge is 0.351 e. The van der Waals surface area contributed by atoms with Crippen LogP contribution in [0.25, 0.3) is 0 Å². The Morgan fingerprint density at radius 2 is 1.84 bits per heavy atom. The molecule has 32 heavy (non-hydrogen) atoms. The van der Waals surface area contributed by atoms with Gasteiger partial charge in [-0.3, -0.25) is 19.2 Å². The van der Waals surface area contributed by atoms with Crippen molar-refractivity contribution >= 4 is 29.1 Å². The number of hydrogen-bond donors (Lipinski definition) is 1. The topological polar surface area (TPSA) is 67.2 Å². The number of fused-ring (bicyclic) bond motifs is 1. The van der Waals surface area contributed by atoms with Gasteiger partial charge in [0.15, 0.2) is 0 Å². The second-order valence-electron chi connectivity index (χ2n) is 9.68. The van der Waals surface area contributed by atoms with E-state index in [0.29, 0.717) is 22.9 Å². The van der Waals surface area contributed by atoms with Gasteiger partial charge in [0.1, 0.15) is 11.2 Å². The average Bonchev–Trinajstić information content (AvgIpc) is 3.14. The Labute approximate surface area is 195 Å². The first-order valence-electron chi connectivity index (χ1n) is 11.8. The van der Waals surface area contributed by atoms with Crippen molar-refractivity contribution in [1.29, 1.82) is 0 Å². The molecule has 0 bridgehead atoms. The normalized spacial score (nSPS) is 22.4. The smallest absolute Gasteiger partial charge is 0.277 e. The maximum atomic E-state index is 13.8. The van der Waals surface area contributed by atoms with Crippen molar-refractivity contribution in [2.75, 3.05) is 4.90 Å². The highest BCUT2D eigenvalue weighted by Crippen LogP contribution is 2.35. The lowest BCUT2D eigenvalue weighted by molar-refractivity contribution is -0.127. The number of anilines is 1. The van der Waals surface area contributed by atoms with E-state index in [9.17, 15) is 9.59 Å². The average molecular weight is 457 g/mol. The molecular weight excluding hydrogens is 424 g/mol. The van der Waals surface area contributed by atoms with Crippen LogP contribution in [0.5, 0.6) is 0 Å². The molecule has 0 unspecified atom stereocenters. The Kier molecular flexibility index (Phi) is 6.61. The third kappa shape index (κ3) is 4.42. The number of aromatic nitrogens is 2. The fourth-order valence-electron chi connectivity index (χ4n) is 4.84. The van der Waals surface area contributed by atoms with Crippen molar-refractivity contribution < 1.29 is 9.59 Å². The summed E-state index contributed by atoms with van der Waals surface area (Å²) in [6.45, 7) is 6.23. The lowest BCUT2D eigenvalue weighted by Crippen LogP contribution is -2.65. The lowest BCUT2D eigenvalue weighted by atomic mass is 9.91. The number of nitrogens with zero attached hydrogens (tertiary/aromatic N) is 3. The van der Waals surface area contributed by atoms with Gasteiger partial charge < -0.3 is 5.32 Å². The Hall–Kier alpha value is -2.34. The predicted octanol–water partition coefficient (Wildman–Crippen LogP) is 5.31. The van der Waals surface area contributed by atoms with Crippen molar-refractivity contribution in [3.63, 3.8) is 0 Å². The number of benzene rings is 1. The second kappa shape index (κ2) is 9.26. The molecule has 1 N–H and O–H groups in total. The van der Waals surface area contributed by atoms with E-state index in [0.717, 1.165) is 31.4 Å². The summed E-state index contributed by atoms with van der Waals surface area (Å²) in [7, 11) is 0. The highest BCUT2D eigenvalue weighted by Gasteiger charge is 2.49. The highest BCUT2D eigenvalue weighted by molar-refractivity contribution is 6.31. The molecule has 1 aromatic heterocycles. The third-order valence-corrected chi connectivity index (χ3v) is 6.99. The van der Waals surface area contributed by atoms with E-state index < -0.39 is 5.54 Å². The molecule has 1 saturated carbocycles. The van der Waals surface area contributed by atoms with Gasteiger partial charge in [-0.15, -0.1) is 0 Å². The molecule has 2 aromatic rings. The van der Waals surface area contributed by atoms with Crippen LogP contribution in [0.1, 0.15) is 87.8 Å². The minimum Gasteiger partial charge on any atom is -0.351 e. The van der Waals surface area contributed by atoms with Crippen LogP contribution in [0, 0.1) is 0 Å². The number of rotatable bonds is 4. The number of carbonyl (C=O) groups is 2. The molecule has 172 valence electrons. The van der Waals surface area contributed by atoms with Crippen LogP contribution in [0.15, 0.2) is 30.3 Å². The van der Waals surface area contributed by atoms with Crippen molar-refractivity contribution in [2.24, 2.45) is 0 Å². The zero-order valence-electron chi connectivity index (χ0n) is 19.2. The van der Waals surface area contributed by atoms with Crippen molar-refractivity contribution in [1.82, 2.24) is 15.1 Å². The molecule has 7 heteroatoms. The van der Waals surface area contributed by atoms with Crippen LogP contribution in [0.4, 0.5) is 5.69 Å². The summed E-state index contributed by atoms with van der Waals surface area (Å²) in [5.74, 6) is -0.174. The number of carbonyl (C=O) groups excluding carboxylic acids is 2. The van der Waals surface area contributed by atoms with Gasteiger partial charge in [-0.05, 0) is 49.9 Å². The van der Waals surface area contributed by atoms with Gasteiger partial charge in [0.2, 0.25) is 5.91 Å². The molecular formula is C25H33ClN4O2. The van der Waals surface area contributed by atoms with E-state index in [1.807, 2.05) is 39.0 Å². The van der Waals surface area contributed by atoms with Gasteiger partial charge in [-0.1, -0.05) is 63.6 Å². The molecule has 1 aromatic carbocycles. The summed E-state index contributed by atoms with van der Waals surface area (Å²) >= 11 is 6.26. The maximum Gasteiger partial charge on any atom is 0.277 e. The molecule has 1 aliphatic heterocycles. The molecule has 1 fully saturated rings. The first kappa shape index (κ1) is 22.8. The van der Waals surface area contributed by atoms with Crippen molar-refractivity contribution in [3.05, 3.63) is 46.7 Å².